The monoisotopic (exact) mass is 411 g/mol. The number of imide groups is 1. The standard InChI is InChI=1S/C23H25NO4S/c1-4-16(3)28-19-12-11-18(13-20(19)27-5-2)14-21-22(25)24(23(26)29-21)15-17-9-7-6-8-10-17/h6-14,16H,4-5,15H2,1-3H3/b21-14+/t16-/m0/s1. The lowest BCUT2D eigenvalue weighted by molar-refractivity contribution is -0.123. The van der Waals surface area contributed by atoms with E-state index in [0.29, 0.717) is 23.0 Å². The maximum Gasteiger partial charge on any atom is 0.293 e. The van der Waals surface area contributed by atoms with E-state index in [1.807, 2.05) is 62.4 Å². The van der Waals surface area contributed by atoms with Crippen molar-refractivity contribution < 1.29 is 19.1 Å². The topological polar surface area (TPSA) is 55.8 Å². The van der Waals surface area contributed by atoms with E-state index in [-0.39, 0.29) is 23.8 Å². The van der Waals surface area contributed by atoms with Crippen LogP contribution in [0.25, 0.3) is 6.08 Å². The molecule has 1 aliphatic rings. The normalized spacial score (nSPS) is 16.4. The fraction of sp³-hybridized carbons (Fsp3) is 0.304. The molecule has 0 unspecified atom stereocenters. The quantitative estimate of drug-likeness (QED) is 0.537. The van der Waals surface area contributed by atoms with Gasteiger partial charge in [0.1, 0.15) is 0 Å². The van der Waals surface area contributed by atoms with Crippen molar-refractivity contribution in [2.45, 2.75) is 39.8 Å². The van der Waals surface area contributed by atoms with Crippen LogP contribution in [0.3, 0.4) is 0 Å². The van der Waals surface area contributed by atoms with Crippen LogP contribution in [0.15, 0.2) is 53.4 Å². The van der Waals surface area contributed by atoms with Crippen molar-refractivity contribution in [1.29, 1.82) is 0 Å². The van der Waals surface area contributed by atoms with E-state index < -0.39 is 0 Å². The first-order chi connectivity index (χ1) is 14.0. The fourth-order valence-corrected chi connectivity index (χ4v) is 3.67. The Hall–Kier alpha value is -2.73. The summed E-state index contributed by atoms with van der Waals surface area (Å²) in [5.41, 5.74) is 1.70. The number of thioether (sulfide) groups is 1. The molecular weight excluding hydrogens is 386 g/mol. The van der Waals surface area contributed by atoms with Gasteiger partial charge in [0.25, 0.3) is 11.1 Å². The second-order valence-electron chi connectivity index (χ2n) is 6.73. The van der Waals surface area contributed by atoms with Crippen LogP contribution in [-0.4, -0.2) is 28.8 Å². The summed E-state index contributed by atoms with van der Waals surface area (Å²) < 4.78 is 11.6. The second kappa shape index (κ2) is 9.65. The number of hydrogen-bond donors (Lipinski definition) is 0. The molecule has 0 aromatic heterocycles. The highest BCUT2D eigenvalue weighted by Crippen LogP contribution is 2.35. The first-order valence-corrected chi connectivity index (χ1v) is 10.6. The van der Waals surface area contributed by atoms with Gasteiger partial charge in [-0.2, -0.15) is 0 Å². The predicted octanol–water partition coefficient (Wildman–Crippen LogP) is 5.50. The van der Waals surface area contributed by atoms with Crippen molar-refractivity contribution in [3.05, 3.63) is 64.6 Å². The molecule has 1 fully saturated rings. The third-order valence-corrected chi connectivity index (χ3v) is 5.43. The highest BCUT2D eigenvalue weighted by molar-refractivity contribution is 8.18. The number of nitrogens with zero attached hydrogens (tertiary/aromatic N) is 1. The van der Waals surface area contributed by atoms with Crippen molar-refractivity contribution in [2.24, 2.45) is 0 Å². The van der Waals surface area contributed by atoms with Crippen LogP contribution in [-0.2, 0) is 11.3 Å². The Morgan fingerprint density at radius 1 is 1.07 bits per heavy atom. The minimum absolute atomic E-state index is 0.0783. The lowest BCUT2D eigenvalue weighted by Crippen LogP contribution is -2.27. The first-order valence-electron chi connectivity index (χ1n) is 9.74. The minimum Gasteiger partial charge on any atom is -0.490 e. The SMILES string of the molecule is CCOc1cc(/C=C2/SC(=O)N(Cc3ccccc3)C2=O)ccc1O[C@@H](C)CC. The van der Waals surface area contributed by atoms with Gasteiger partial charge in [-0.05, 0) is 61.4 Å². The number of ether oxygens (including phenoxy) is 2. The van der Waals surface area contributed by atoms with Gasteiger partial charge in [0.15, 0.2) is 11.5 Å². The van der Waals surface area contributed by atoms with Crippen LogP contribution in [0, 0.1) is 0 Å². The average molecular weight is 412 g/mol. The molecule has 5 nitrogen and oxygen atoms in total. The molecule has 152 valence electrons. The van der Waals surface area contributed by atoms with E-state index >= 15 is 0 Å². The zero-order valence-electron chi connectivity index (χ0n) is 16.9. The molecule has 3 rings (SSSR count). The maximum atomic E-state index is 12.7. The molecule has 1 atom stereocenters. The van der Waals surface area contributed by atoms with Crippen LogP contribution in [0.4, 0.5) is 4.79 Å². The summed E-state index contributed by atoms with van der Waals surface area (Å²) in [5.74, 6) is 1.03. The van der Waals surface area contributed by atoms with Gasteiger partial charge in [0.05, 0.1) is 24.2 Å². The van der Waals surface area contributed by atoms with Crippen molar-refractivity contribution in [1.82, 2.24) is 4.90 Å². The van der Waals surface area contributed by atoms with Crippen LogP contribution in [0.5, 0.6) is 11.5 Å². The third kappa shape index (κ3) is 5.21. The Balaban J connectivity index is 1.81. The summed E-state index contributed by atoms with van der Waals surface area (Å²) >= 11 is 0.960. The van der Waals surface area contributed by atoms with Crippen molar-refractivity contribution in [2.75, 3.05) is 6.61 Å². The van der Waals surface area contributed by atoms with Gasteiger partial charge in [-0.15, -0.1) is 0 Å². The van der Waals surface area contributed by atoms with Crippen molar-refractivity contribution in [3.8, 4) is 11.5 Å². The highest BCUT2D eigenvalue weighted by Gasteiger charge is 2.35. The molecule has 0 saturated carbocycles. The molecule has 2 aromatic carbocycles. The Morgan fingerprint density at radius 3 is 2.52 bits per heavy atom. The van der Waals surface area contributed by atoms with E-state index in [4.69, 9.17) is 9.47 Å². The summed E-state index contributed by atoms with van der Waals surface area (Å²) in [6.45, 7) is 6.76. The molecule has 6 heteroatoms. The van der Waals surface area contributed by atoms with Gasteiger partial charge in [-0.3, -0.25) is 14.5 Å². The molecule has 2 amide bonds. The van der Waals surface area contributed by atoms with Crippen molar-refractivity contribution in [3.63, 3.8) is 0 Å². The summed E-state index contributed by atoms with van der Waals surface area (Å²) in [4.78, 5) is 26.8. The van der Waals surface area contributed by atoms with Crippen LogP contribution in [0.2, 0.25) is 0 Å². The molecule has 0 radical (unpaired) electrons. The third-order valence-electron chi connectivity index (χ3n) is 4.53. The molecule has 2 aromatic rings. The Labute approximate surface area is 175 Å². The number of benzene rings is 2. The predicted molar refractivity (Wildman–Crippen MR) is 116 cm³/mol. The first kappa shape index (κ1) is 21.0. The summed E-state index contributed by atoms with van der Waals surface area (Å²) in [7, 11) is 0. The molecule has 0 N–H and O–H groups in total. The molecule has 0 spiro atoms. The molecular formula is C23H25NO4S. The number of hydrogen-bond acceptors (Lipinski definition) is 5. The van der Waals surface area contributed by atoms with E-state index in [9.17, 15) is 9.59 Å². The van der Waals surface area contributed by atoms with Crippen molar-refractivity contribution >= 4 is 29.0 Å². The zero-order valence-corrected chi connectivity index (χ0v) is 17.7. The van der Waals surface area contributed by atoms with Crippen LogP contribution < -0.4 is 9.47 Å². The molecule has 0 aliphatic carbocycles. The lowest BCUT2D eigenvalue weighted by Gasteiger charge is -2.16. The van der Waals surface area contributed by atoms with E-state index in [1.54, 1.807) is 6.08 Å². The maximum absolute atomic E-state index is 12.7. The minimum atomic E-state index is -0.276. The summed E-state index contributed by atoms with van der Waals surface area (Å²) in [6.07, 6.45) is 2.70. The average Bonchev–Trinajstić information content (AvgIpc) is 2.98. The van der Waals surface area contributed by atoms with Gasteiger partial charge in [-0.25, -0.2) is 0 Å². The number of rotatable bonds is 8. The van der Waals surface area contributed by atoms with E-state index in [2.05, 4.69) is 6.92 Å². The smallest absolute Gasteiger partial charge is 0.293 e. The Bertz CT molecular complexity index is 910. The summed E-state index contributed by atoms with van der Waals surface area (Å²) in [5, 5.41) is -0.258. The second-order valence-corrected chi connectivity index (χ2v) is 7.72. The van der Waals surface area contributed by atoms with Gasteiger partial charge in [-0.1, -0.05) is 43.3 Å². The highest BCUT2D eigenvalue weighted by atomic mass is 32.2. The molecule has 1 aliphatic heterocycles. The van der Waals surface area contributed by atoms with E-state index in [1.165, 1.54) is 4.90 Å². The fourth-order valence-electron chi connectivity index (χ4n) is 2.83. The number of carbonyl (C=O) groups is 2. The van der Waals surface area contributed by atoms with Gasteiger partial charge < -0.3 is 9.47 Å². The molecule has 29 heavy (non-hydrogen) atoms. The number of carbonyl (C=O) groups excluding carboxylic acids is 2. The van der Waals surface area contributed by atoms with E-state index in [0.717, 1.165) is 29.3 Å². The Morgan fingerprint density at radius 2 is 1.83 bits per heavy atom. The molecule has 1 saturated heterocycles. The molecule has 0 bridgehead atoms. The number of amides is 2. The zero-order chi connectivity index (χ0) is 20.8. The van der Waals surface area contributed by atoms with Gasteiger partial charge in [0, 0.05) is 0 Å². The largest absolute Gasteiger partial charge is 0.490 e. The molecule has 1 heterocycles. The van der Waals surface area contributed by atoms with Gasteiger partial charge in [0.2, 0.25) is 0 Å². The van der Waals surface area contributed by atoms with Crippen LogP contribution >= 0.6 is 11.8 Å². The summed E-state index contributed by atoms with van der Waals surface area (Å²) in [6, 6.07) is 15.0. The Kier molecular flexibility index (Phi) is 6.99. The van der Waals surface area contributed by atoms with Gasteiger partial charge >= 0.3 is 0 Å². The van der Waals surface area contributed by atoms with Crippen LogP contribution in [0.1, 0.15) is 38.3 Å². The lowest BCUT2D eigenvalue weighted by atomic mass is 10.1.